The van der Waals surface area contributed by atoms with Gasteiger partial charge in [0.15, 0.2) is 5.78 Å². The van der Waals surface area contributed by atoms with Gasteiger partial charge in [0.1, 0.15) is 11.7 Å². The number of ether oxygens (including phenoxy) is 1. The lowest BCUT2D eigenvalue weighted by Gasteiger charge is -2.27. The van der Waals surface area contributed by atoms with Crippen molar-refractivity contribution in [3.8, 4) is 0 Å². The van der Waals surface area contributed by atoms with Crippen molar-refractivity contribution in [2.75, 3.05) is 6.61 Å². The second-order valence-corrected chi connectivity index (χ2v) is 7.83. The molecule has 4 heteroatoms. The molecule has 2 aromatic carbocycles. The highest BCUT2D eigenvalue weighted by Gasteiger charge is 2.50. The third-order valence-electron chi connectivity index (χ3n) is 5.75. The molecule has 4 nitrogen and oxygen atoms in total. The lowest BCUT2D eigenvalue weighted by molar-refractivity contribution is -0.149. The van der Waals surface area contributed by atoms with Crippen LogP contribution in [0.5, 0.6) is 0 Å². The average molecular weight is 390 g/mol. The number of carbonyl (C=O) groups excluding carboxylic acids is 3. The molecule has 150 valence electrons. The molecule has 3 unspecified atom stereocenters. The fourth-order valence-corrected chi connectivity index (χ4v) is 3.74. The van der Waals surface area contributed by atoms with Crippen LogP contribution in [0, 0.1) is 17.3 Å². The molecule has 3 atom stereocenters. The first-order chi connectivity index (χ1) is 13.9. The summed E-state index contributed by atoms with van der Waals surface area (Å²) in [6, 6.07) is 19.4. The van der Waals surface area contributed by atoms with E-state index in [1.807, 2.05) is 72.8 Å². The van der Waals surface area contributed by atoms with E-state index in [-0.39, 0.29) is 30.5 Å². The van der Waals surface area contributed by atoms with Crippen LogP contribution in [0.2, 0.25) is 0 Å². The third-order valence-corrected chi connectivity index (χ3v) is 5.75. The zero-order valence-electron chi connectivity index (χ0n) is 16.8. The van der Waals surface area contributed by atoms with Crippen LogP contribution in [0.3, 0.4) is 0 Å². The molecule has 29 heavy (non-hydrogen) atoms. The molecule has 2 aromatic rings. The largest absolute Gasteiger partial charge is 0.465 e. The van der Waals surface area contributed by atoms with Crippen molar-refractivity contribution < 1.29 is 19.1 Å². The third kappa shape index (κ3) is 4.70. The number of rotatable bonds is 8. The van der Waals surface area contributed by atoms with Gasteiger partial charge in [0.25, 0.3) is 0 Å². The first-order valence-electron chi connectivity index (χ1n) is 9.89. The Morgan fingerprint density at radius 2 is 1.69 bits per heavy atom. The van der Waals surface area contributed by atoms with Gasteiger partial charge in [-0.05, 0) is 37.8 Å². The monoisotopic (exact) mass is 390 g/mol. The van der Waals surface area contributed by atoms with Crippen LogP contribution in [0.15, 0.2) is 66.7 Å². The summed E-state index contributed by atoms with van der Waals surface area (Å²) in [5, 5.41) is 0. The van der Waals surface area contributed by atoms with Crippen LogP contribution < -0.4 is 0 Å². The standard InChI is InChI=1S/C25H26O4/c1-18(26)25(2,15-9-14-19-10-5-3-6-11-19)23(27)22-21(17-29-24(22)28)16-20-12-7-4-8-13-20/h3-14,21-22H,15-17H2,1-2H3. The maximum atomic E-state index is 13.4. The molecule has 1 saturated heterocycles. The van der Waals surface area contributed by atoms with Gasteiger partial charge in [-0.1, -0.05) is 72.8 Å². The molecule has 0 amide bonds. The number of allylic oxidation sites excluding steroid dienone is 1. The van der Waals surface area contributed by atoms with Crippen LogP contribution in [-0.4, -0.2) is 24.1 Å². The number of carbonyl (C=O) groups is 3. The van der Waals surface area contributed by atoms with Crippen LogP contribution in [-0.2, 0) is 25.5 Å². The van der Waals surface area contributed by atoms with E-state index >= 15 is 0 Å². The van der Waals surface area contributed by atoms with Crippen molar-refractivity contribution in [3.05, 3.63) is 77.9 Å². The van der Waals surface area contributed by atoms with Crippen LogP contribution in [0.25, 0.3) is 6.08 Å². The fraction of sp³-hybridized carbons (Fsp3) is 0.320. The Bertz CT molecular complexity index is 901. The van der Waals surface area contributed by atoms with E-state index in [1.54, 1.807) is 6.92 Å². The predicted octanol–water partition coefficient (Wildman–Crippen LogP) is 4.29. The molecular weight excluding hydrogens is 364 g/mol. The van der Waals surface area contributed by atoms with Gasteiger partial charge in [-0.25, -0.2) is 0 Å². The van der Waals surface area contributed by atoms with Crippen molar-refractivity contribution in [1.82, 2.24) is 0 Å². The normalized spacial score (nSPS) is 21.0. The van der Waals surface area contributed by atoms with Crippen molar-refractivity contribution in [2.45, 2.75) is 26.7 Å². The van der Waals surface area contributed by atoms with Crippen molar-refractivity contribution in [1.29, 1.82) is 0 Å². The van der Waals surface area contributed by atoms with Gasteiger partial charge < -0.3 is 4.74 Å². The lowest BCUT2D eigenvalue weighted by atomic mass is 9.70. The van der Waals surface area contributed by atoms with E-state index in [9.17, 15) is 14.4 Å². The molecule has 0 aromatic heterocycles. The van der Waals surface area contributed by atoms with Gasteiger partial charge in [-0.2, -0.15) is 0 Å². The smallest absolute Gasteiger partial charge is 0.316 e. The number of benzene rings is 2. The van der Waals surface area contributed by atoms with E-state index in [4.69, 9.17) is 4.74 Å². The van der Waals surface area contributed by atoms with E-state index in [0.29, 0.717) is 6.42 Å². The average Bonchev–Trinajstić information content (AvgIpc) is 3.08. The maximum absolute atomic E-state index is 13.4. The van der Waals surface area contributed by atoms with Crippen LogP contribution in [0.4, 0.5) is 0 Å². The molecule has 0 spiro atoms. The second kappa shape index (κ2) is 8.99. The highest BCUT2D eigenvalue weighted by molar-refractivity contribution is 6.13. The van der Waals surface area contributed by atoms with Gasteiger partial charge in [0, 0.05) is 5.92 Å². The zero-order valence-corrected chi connectivity index (χ0v) is 16.8. The van der Waals surface area contributed by atoms with Gasteiger partial charge in [-0.3, -0.25) is 14.4 Å². The van der Waals surface area contributed by atoms with Crippen molar-refractivity contribution in [3.63, 3.8) is 0 Å². The molecule has 0 radical (unpaired) electrons. The molecule has 0 saturated carbocycles. The highest BCUT2D eigenvalue weighted by Crippen LogP contribution is 2.36. The quantitative estimate of drug-likeness (QED) is 0.498. The van der Waals surface area contributed by atoms with Crippen molar-refractivity contribution >= 4 is 23.6 Å². The maximum Gasteiger partial charge on any atom is 0.316 e. The van der Waals surface area contributed by atoms with Crippen molar-refractivity contribution in [2.24, 2.45) is 17.3 Å². The Kier molecular flexibility index (Phi) is 6.42. The van der Waals surface area contributed by atoms with Gasteiger partial charge >= 0.3 is 5.97 Å². The minimum Gasteiger partial charge on any atom is -0.465 e. The summed E-state index contributed by atoms with van der Waals surface area (Å²) in [6.45, 7) is 3.26. The van der Waals surface area contributed by atoms with E-state index in [1.165, 1.54) is 6.92 Å². The summed E-state index contributed by atoms with van der Waals surface area (Å²) in [6.07, 6.45) is 4.54. The van der Waals surface area contributed by atoms with E-state index < -0.39 is 17.3 Å². The minimum absolute atomic E-state index is 0.206. The minimum atomic E-state index is -1.26. The molecular formula is C25H26O4. The Hall–Kier alpha value is -3.01. The first-order valence-corrected chi connectivity index (χ1v) is 9.89. The Balaban J connectivity index is 1.79. The molecule has 3 rings (SSSR count). The van der Waals surface area contributed by atoms with Crippen LogP contribution >= 0.6 is 0 Å². The number of ketones is 2. The predicted molar refractivity (Wildman–Crippen MR) is 112 cm³/mol. The molecule has 1 fully saturated rings. The summed E-state index contributed by atoms with van der Waals surface area (Å²) >= 11 is 0. The summed E-state index contributed by atoms with van der Waals surface area (Å²) in [4.78, 5) is 38.3. The number of cyclic esters (lactones) is 1. The Morgan fingerprint density at radius 3 is 2.31 bits per heavy atom. The number of Topliss-reactive ketones (excluding diaryl/α,β-unsaturated/α-hetero) is 2. The fourth-order valence-electron chi connectivity index (χ4n) is 3.74. The zero-order chi connectivity index (χ0) is 20.9. The molecule has 0 N–H and O–H groups in total. The molecule has 1 aliphatic rings. The SMILES string of the molecule is CC(=O)C(C)(CC=Cc1ccccc1)C(=O)C1C(=O)OCC1Cc1ccccc1. The topological polar surface area (TPSA) is 60.4 Å². The summed E-state index contributed by atoms with van der Waals surface area (Å²) in [7, 11) is 0. The van der Waals surface area contributed by atoms with Gasteiger partial charge in [0.05, 0.1) is 12.0 Å². The first kappa shape index (κ1) is 20.7. The van der Waals surface area contributed by atoms with E-state index in [2.05, 4.69) is 0 Å². The van der Waals surface area contributed by atoms with Gasteiger partial charge in [0.2, 0.25) is 0 Å². The Morgan fingerprint density at radius 1 is 1.07 bits per heavy atom. The Labute approximate surface area is 171 Å². The lowest BCUT2D eigenvalue weighted by Crippen LogP contribution is -2.43. The summed E-state index contributed by atoms with van der Waals surface area (Å²) in [5.41, 5.74) is 0.781. The van der Waals surface area contributed by atoms with Gasteiger partial charge in [-0.15, -0.1) is 0 Å². The molecule has 0 aliphatic carbocycles. The second-order valence-electron chi connectivity index (χ2n) is 7.83. The number of hydrogen-bond acceptors (Lipinski definition) is 4. The molecule has 1 aliphatic heterocycles. The summed E-state index contributed by atoms with van der Waals surface area (Å²) < 4.78 is 5.23. The summed E-state index contributed by atoms with van der Waals surface area (Å²) in [5.74, 6) is -2.26. The molecule has 0 bridgehead atoms. The molecule has 1 heterocycles. The highest BCUT2D eigenvalue weighted by atomic mass is 16.5. The van der Waals surface area contributed by atoms with E-state index in [0.717, 1.165) is 11.1 Å². The van der Waals surface area contributed by atoms with Crippen LogP contribution in [0.1, 0.15) is 31.4 Å². The number of hydrogen-bond donors (Lipinski definition) is 0. The number of esters is 1.